The summed E-state index contributed by atoms with van der Waals surface area (Å²) in [6.45, 7) is 0. The van der Waals surface area contributed by atoms with E-state index in [2.05, 4.69) is 34.1 Å². The zero-order valence-corrected chi connectivity index (χ0v) is 15.6. The minimum Gasteiger partial charge on any atom is -0.507 e. The standard InChI is InChI=1S/C25H18N2O2/c28-23-16-15-20(17-21(23)25-26-22-13-7-8-14-24(22)29-25)27(18-9-3-1-4-10-18)19-11-5-2-6-12-19/h1-17,28H. The molecule has 1 N–H and O–H groups in total. The van der Waals surface area contributed by atoms with E-state index in [1.165, 1.54) is 0 Å². The van der Waals surface area contributed by atoms with Crippen LogP contribution in [0, 0.1) is 0 Å². The zero-order valence-electron chi connectivity index (χ0n) is 15.6. The number of benzene rings is 4. The molecule has 4 heteroatoms. The van der Waals surface area contributed by atoms with E-state index < -0.39 is 0 Å². The van der Waals surface area contributed by atoms with Gasteiger partial charge in [-0.1, -0.05) is 48.5 Å². The largest absolute Gasteiger partial charge is 0.507 e. The summed E-state index contributed by atoms with van der Waals surface area (Å²) in [5.74, 6) is 0.521. The molecule has 4 nitrogen and oxygen atoms in total. The highest BCUT2D eigenvalue weighted by molar-refractivity contribution is 5.82. The zero-order chi connectivity index (χ0) is 19.6. The first-order chi connectivity index (χ1) is 14.3. The Bertz CT molecular complexity index is 1190. The summed E-state index contributed by atoms with van der Waals surface area (Å²) in [5, 5.41) is 10.5. The maximum atomic E-state index is 10.5. The molecule has 0 bridgehead atoms. The van der Waals surface area contributed by atoms with E-state index in [9.17, 15) is 5.11 Å². The predicted octanol–water partition coefficient (Wildman–Crippen LogP) is 6.67. The van der Waals surface area contributed by atoms with Crippen molar-refractivity contribution in [3.8, 4) is 17.2 Å². The molecule has 0 aliphatic carbocycles. The van der Waals surface area contributed by atoms with Gasteiger partial charge in [0.05, 0.1) is 5.56 Å². The van der Waals surface area contributed by atoms with Crippen LogP contribution >= 0.6 is 0 Å². The fourth-order valence-corrected chi connectivity index (χ4v) is 3.42. The lowest BCUT2D eigenvalue weighted by molar-refractivity contribution is 0.474. The Morgan fingerprint density at radius 1 is 0.655 bits per heavy atom. The van der Waals surface area contributed by atoms with Crippen LogP contribution in [0.25, 0.3) is 22.6 Å². The number of hydrogen-bond acceptors (Lipinski definition) is 4. The van der Waals surface area contributed by atoms with Crippen molar-refractivity contribution >= 4 is 28.2 Å². The van der Waals surface area contributed by atoms with Gasteiger partial charge >= 0.3 is 0 Å². The number of para-hydroxylation sites is 4. The smallest absolute Gasteiger partial charge is 0.231 e. The van der Waals surface area contributed by atoms with E-state index in [0.717, 1.165) is 22.6 Å². The Balaban J connectivity index is 1.67. The van der Waals surface area contributed by atoms with Crippen molar-refractivity contribution in [3.63, 3.8) is 0 Å². The number of phenols is 1. The summed E-state index contributed by atoms with van der Waals surface area (Å²) in [6, 6.07) is 33.3. The Kier molecular flexibility index (Phi) is 4.22. The van der Waals surface area contributed by atoms with Crippen molar-refractivity contribution in [1.82, 2.24) is 4.98 Å². The normalized spacial score (nSPS) is 10.9. The van der Waals surface area contributed by atoms with E-state index in [4.69, 9.17) is 4.42 Å². The molecule has 140 valence electrons. The first kappa shape index (κ1) is 17.1. The molecule has 1 heterocycles. The molecule has 0 aliphatic heterocycles. The van der Waals surface area contributed by atoms with Crippen LogP contribution in [-0.2, 0) is 0 Å². The van der Waals surface area contributed by atoms with Crippen molar-refractivity contribution in [1.29, 1.82) is 0 Å². The fourth-order valence-electron chi connectivity index (χ4n) is 3.42. The predicted molar refractivity (Wildman–Crippen MR) is 116 cm³/mol. The Morgan fingerprint density at radius 2 is 1.28 bits per heavy atom. The number of rotatable bonds is 4. The number of hydrogen-bond donors (Lipinski definition) is 1. The number of anilines is 3. The SMILES string of the molecule is Oc1ccc(N(c2ccccc2)c2ccccc2)cc1-c1nc2ccccc2o1. The second-order valence-corrected chi connectivity index (χ2v) is 6.69. The quantitative estimate of drug-likeness (QED) is 0.379. The van der Waals surface area contributed by atoms with Crippen LogP contribution < -0.4 is 4.90 Å². The van der Waals surface area contributed by atoms with Gasteiger partial charge in [-0.2, -0.15) is 0 Å². The second kappa shape index (κ2) is 7.17. The highest BCUT2D eigenvalue weighted by Crippen LogP contribution is 2.39. The average Bonchev–Trinajstić information content (AvgIpc) is 3.21. The van der Waals surface area contributed by atoms with Gasteiger partial charge in [0.2, 0.25) is 5.89 Å². The molecule has 0 fully saturated rings. The van der Waals surface area contributed by atoms with Gasteiger partial charge in [-0.25, -0.2) is 4.98 Å². The first-order valence-electron chi connectivity index (χ1n) is 9.39. The molecule has 5 rings (SSSR count). The molecule has 0 spiro atoms. The van der Waals surface area contributed by atoms with E-state index in [1.54, 1.807) is 6.07 Å². The van der Waals surface area contributed by atoms with Crippen LogP contribution in [0.5, 0.6) is 5.75 Å². The molecular weight excluding hydrogens is 360 g/mol. The lowest BCUT2D eigenvalue weighted by Crippen LogP contribution is -2.09. The summed E-state index contributed by atoms with van der Waals surface area (Å²) in [4.78, 5) is 6.68. The van der Waals surface area contributed by atoms with Crippen LogP contribution in [0.4, 0.5) is 17.1 Å². The summed E-state index contributed by atoms with van der Waals surface area (Å²) in [6.07, 6.45) is 0. The molecule has 0 atom stereocenters. The summed E-state index contributed by atoms with van der Waals surface area (Å²) >= 11 is 0. The van der Waals surface area contributed by atoms with E-state index >= 15 is 0 Å². The maximum absolute atomic E-state index is 10.5. The number of phenolic OH excluding ortho intramolecular Hbond substituents is 1. The van der Waals surface area contributed by atoms with Gasteiger partial charge in [0.1, 0.15) is 11.3 Å². The second-order valence-electron chi connectivity index (χ2n) is 6.69. The summed E-state index contributed by atoms with van der Waals surface area (Å²) in [5.41, 5.74) is 4.94. The van der Waals surface area contributed by atoms with Crippen molar-refractivity contribution in [2.45, 2.75) is 0 Å². The van der Waals surface area contributed by atoms with Gasteiger partial charge in [0.25, 0.3) is 0 Å². The Labute approximate surface area is 168 Å². The molecular formula is C25H18N2O2. The van der Waals surface area contributed by atoms with Crippen molar-refractivity contribution in [3.05, 3.63) is 103 Å². The maximum Gasteiger partial charge on any atom is 0.231 e. The molecule has 0 radical (unpaired) electrons. The van der Waals surface area contributed by atoms with Crippen LogP contribution in [0.15, 0.2) is 108 Å². The van der Waals surface area contributed by atoms with Gasteiger partial charge in [-0.15, -0.1) is 0 Å². The van der Waals surface area contributed by atoms with Crippen molar-refractivity contribution in [2.24, 2.45) is 0 Å². The van der Waals surface area contributed by atoms with Crippen molar-refractivity contribution < 1.29 is 9.52 Å². The van der Waals surface area contributed by atoms with E-state index in [0.29, 0.717) is 17.0 Å². The molecule has 4 aromatic carbocycles. The number of aromatic hydroxyl groups is 1. The van der Waals surface area contributed by atoms with Crippen LogP contribution in [0.2, 0.25) is 0 Å². The monoisotopic (exact) mass is 378 g/mol. The number of oxazole rings is 1. The summed E-state index contributed by atoms with van der Waals surface area (Å²) in [7, 11) is 0. The van der Waals surface area contributed by atoms with Gasteiger partial charge in [-0.05, 0) is 54.6 Å². The lowest BCUT2D eigenvalue weighted by atomic mass is 10.1. The first-order valence-corrected chi connectivity index (χ1v) is 9.39. The van der Waals surface area contributed by atoms with Gasteiger partial charge in [0, 0.05) is 17.1 Å². The van der Waals surface area contributed by atoms with Gasteiger partial charge in [-0.3, -0.25) is 0 Å². The molecule has 1 aromatic heterocycles. The number of aromatic nitrogens is 1. The molecule has 0 unspecified atom stereocenters. The topological polar surface area (TPSA) is 49.5 Å². The third kappa shape index (κ3) is 3.21. The Hall–Kier alpha value is -4.05. The van der Waals surface area contributed by atoms with Crippen LogP contribution in [0.1, 0.15) is 0 Å². The highest BCUT2D eigenvalue weighted by Gasteiger charge is 2.17. The van der Waals surface area contributed by atoms with Gasteiger partial charge in [0.15, 0.2) is 5.58 Å². The third-order valence-electron chi connectivity index (χ3n) is 4.79. The van der Waals surface area contributed by atoms with E-state index in [1.807, 2.05) is 72.8 Å². The Morgan fingerprint density at radius 3 is 1.93 bits per heavy atom. The average molecular weight is 378 g/mol. The van der Waals surface area contributed by atoms with Crippen LogP contribution in [0.3, 0.4) is 0 Å². The van der Waals surface area contributed by atoms with Crippen molar-refractivity contribution in [2.75, 3.05) is 4.90 Å². The lowest BCUT2D eigenvalue weighted by Gasteiger charge is -2.25. The summed E-state index contributed by atoms with van der Waals surface area (Å²) < 4.78 is 5.89. The fraction of sp³-hybridized carbons (Fsp3) is 0. The minimum atomic E-state index is 0.126. The third-order valence-corrected chi connectivity index (χ3v) is 4.79. The molecule has 5 aromatic rings. The van der Waals surface area contributed by atoms with Gasteiger partial charge < -0.3 is 14.4 Å². The number of fused-ring (bicyclic) bond motifs is 1. The highest BCUT2D eigenvalue weighted by atomic mass is 16.3. The molecule has 29 heavy (non-hydrogen) atoms. The molecule has 0 amide bonds. The molecule has 0 aliphatic rings. The minimum absolute atomic E-state index is 0.126. The number of nitrogens with zero attached hydrogens (tertiary/aromatic N) is 2. The molecule has 0 saturated carbocycles. The van der Waals surface area contributed by atoms with Crippen LogP contribution in [-0.4, -0.2) is 10.1 Å². The van der Waals surface area contributed by atoms with E-state index in [-0.39, 0.29) is 5.75 Å². The molecule has 0 saturated heterocycles.